The van der Waals surface area contributed by atoms with Crippen molar-refractivity contribution in [1.82, 2.24) is 4.90 Å². The zero-order valence-corrected chi connectivity index (χ0v) is 15.7. The van der Waals surface area contributed by atoms with Crippen molar-refractivity contribution in [2.45, 2.75) is 38.0 Å². The average molecular weight is 381 g/mol. The largest absolute Gasteiger partial charge is 0.386 e. The molecule has 1 aliphatic rings. The molecule has 1 heterocycles. The fraction of sp³-hybridized carbons (Fsp3) is 0.421. The van der Waals surface area contributed by atoms with Crippen LogP contribution in [-0.2, 0) is 11.3 Å². The Hall–Kier alpha value is -1.40. The number of hydrogen-bond acceptors (Lipinski definition) is 4. The minimum Gasteiger partial charge on any atom is -0.386 e. The van der Waals surface area contributed by atoms with Crippen molar-refractivity contribution in [2.75, 3.05) is 6.54 Å². The zero-order valence-electron chi connectivity index (χ0n) is 14.1. The summed E-state index contributed by atoms with van der Waals surface area (Å²) >= 11 is 1.52. The van der Waals surface area contributed by atoms with Crippen molar-refractivity contribution in [3.8, 4) is 0 Å². The van der Waals surface area contributed by atoms with Crippen molar-refractivity contribution < 1.29 is 9.90 Å². The Morgan fingerprint density at radius 3 is 2.60 bits per heavy atom. The molecular weight excluding hydrogens is 356 g/mol. The highest BCUT2D eigenvalue weighted by Gasteiger charge is 2.32. The van der Waals surface area contributed by atoms with E-state index in [2.05, 4.69) is 0 Å². The lowest BCUT2D eigenvalue weighted by Gasteiger charge is -2.28. The van der Waals surface area contributed by atoms with Crippen LogP contribution in [0, 0.1) is 5.92 Å². The Kier molecular flexibility index (Phi) is 7.44. The van der Waals surface area contributed by atoms with Gasteiger partial charge in [-0.1, -0.05) is 36.4 Å². The summed E-state index contributed by atoms with van der Waals surface area (Å²) in [5.41, 5.74) is 7.05. The lowest BCUT2D eigenvalue weighted by molar-refractivity contribution is -0.137. The Morgan fingerprint density at radius 2 is 2.00 bits per heavy atom. The van der Waals surface area contributed by atoms with Crippen LogP contribution in [0.4, 0.5) is 0 Å². The minimum absolute atomic E-state index is 0. The maximum atomic E-state index is 13.0. The summed E-state index contributed by atoms with van der Waals surface area (Å²) < 4.78 is 0. The standard InChI is InChI=1S/C19H24N2O2S.ClH/c20-16-9-8-15(11-16)19(23)21(12-14-5-2-1-3-6-14)13-17(22)18-7-4-10-24-18;/h1-7,10,15-17,22H,8-9,11-13,20H2;1H. The Labute approximate surface area is 159 Å². The van der Waals surface area contributed by atoms with Crippen molar-refractivity contribution in [3.63, 3.8) is 0 Å². The van der Waals surface area contributed by atoms with Crippen LogP contribution in [0.25, 0.3) is 0 Å². The number of benzene rings is 1. The van der Waals surface area contributed by atoms with Crippen molar-refractivity contribution >= 4 is 29.7 Å². The van der Waals surface area contributed by atoms with E-state index in [-0.39, 0.29) is 30.3 Å². The third-order valence-corrected chi connectivity index (χ3v) is 5.59. The van der Waals surface area contributed by atoms with Gasteiger partial charge < -0.3 is 15.7 Å². The molecule has 0 saturated heterocycles. The van der Waals surface area contributed by atoms with E-state index in [1.165, 1.54) is 11.3 Å². The summed E-state index contributed by atoms with van der Waals surface area (Å²) in [6, 6.07) is 13.9. The van der Waals surface area contributed by atoms with Gasteiger partial charge in [0.25, 0.3) is 0 Å². The average Bonchev–Trinajstić information content (AvgIpc) is 3.26. The molecule has 0 spiro atoms. The number of aliphatic hydroxyl groups is 1. The number of aliphatic hydroxyl groups excluding tert-OH is 1. The van der Waals surface area contributed by atoms with Gasteiger partial charge in [-0.15, -0.1) is 23.7 Å². The van der Waals surface area contributed by atoms with Gasteiger partial charge in [-0.3, -0.25) is 4.79 Å². The van der Waals surface area contributed by atoms with Crippen LogP contribution < -0.4 is 5.73 Å². The Balaban J connectivity index is 0.00000225. The molecule has 25 heavy (non-hydrogen) atoms. The number of rotatable bonds is 6. The van der Waals surface area contributed by atoms with E-state index in [4.69, 9.17) is 5.73 Å². The SMILES string of the molecule is Cl.NC1CCC(C(=O)N(Cc2ccccc2)CC(O)c2cccs2)C1. The van der Waals surface area contributed by atoms with E-state index >= 15 is 0 Å². The molecule has 3 rings (SSSR count). The molecule has 0 radical (unpaired) electrons. The highest BCUT2D eigenvalue weighted by atomic mass is 35.5. The van der Waals surface area contributed by atoms with Gasteiger partial charge in [0.05, 0.1) is 6.54 Å². The molecule has 1 saturated carbocycles. The van der Waals surface area contributed by atoms with E-state index in [1.807, 2.05) is 47.8 Å². The molecular formula is C19H25ClN2O2S. The van der Waals surface area contributed by atoms with E-state index in [9.17, 15) is 9.90 Å². The van der Waals surface area contributed by atoms with Crippen LogP contribution in [0.15, 0.2) is 47.8 Å². The maximum Gasteiger partial charge on any atom is 0.226 e. The molecule has 1 amide bonds. The predicted molar refractivity (Wildman–Crippen MR) is 104 cm³/mol. The number of amides is 1. The van der Waals surface area contributed by atoms with Gasteiger partial charge in [0.15, 0.2) is 0 Å². The monoisotopic (exact) mass is 380 g/mol. The fourth-order valence-electron chi connectivity index (χ4n) is 3.31. The van der Waals surface area contributed by atoms with Crippen LogP contribution in [0.3, 0.4) is 0 Å². The Morgan fingerprint density at radius 1 is 1.24 bits per heavy atom. The molecule has 3 unspecified atom stereocenters. The molecule has 3 atom stereocenters. The van der Waals surface area contributed by atoms with Gasteiger partial charge in [0.1, 0.15) is 6.10 Å². The summed E-state index contributed by atoms with van der Waals surface area (Å²) in [7, 11) is 0. The highest BCUT2D eigenvalue weighted by molar-refractivity contribution is 7.10. The predicted octanol–water partition coefficient (Wildman–Crippen LogP) is 3.36. The molecule has 0 bridgehead atoms. The van der Waals surface area contributed by atoms with Crippen molar-refractivity contribution in [1.29, 1.82) is 0 Å². The van der Waals surface area contributed by atoms with Crippen LogP contribution in [0.5, 0.6) is 0 Å². The first kappa shape index (κ1) is 19.9. The number of hydrogen-bond donors (Lipinski definition) is 2. The third kappa shape index (κ3) is 5.28. The van der Waals surface area contributed by atoms with Crippen LogP contribution in [0.2, 0.25) is 0 Å². The molecule has 6 heteroatoms. The molecule has 136 valence electrons. The molecule has 1 fully saturated rings. The van der Waals surface area contributed by atoms with Crippen LogP contribution >= 0.6 is 23.7 Å². The summed E-state index contributed by atoms with van der Waals surface area (Å²) in [6.07, 6.45) is 1.86. The quantitative estimate of drug-likeness (QED) is 0.807. The van der Waals surface area contributed by atoms with Gasteiger partial charge in [0, 0.05) is 23.4 Å². The molecule has 1 aliphatic carbocycles. The van der Waals surface area contributed by atoms with Gasteiger partial charge in [-0.05, 0) is 36.3 Å². The van der Waals surface area contributed by atoms with E-state index < -0.39 is 6.10 Å². The first-order valence-corrected chi connectivity index (χ1v) is 9.31. The van der Waals surface area contributed by atoms with E-state index in [1.54, 1.807) is 4.90 Å². The van der Waals surface area contributed by atoms with Gasteiger partial charge in [-0.25, -0.2) is 0 Å². The summed E-state index contributed by atoms with van der Waals surface area (Å²) in [6.45, 7) is 0.841. The van der Waals surface area contributed by atoms with Crippen molar-refractivity contribution in [3.05, 3.63) is 58.3 Å². The second-order valence-corrected chi connectivity index (χ2v) is 7.48. The van der Waals surface area contributed by atoms with Crippen LogP contribution in [0.1, 0.15) is 35.8 Å². The van der Waals surface area contributed by atoms with E-state index in [0.717, 1.165) is 29.7 Å². The summed E-state index contributed by atoms with van der Waals surface area (Å²) in [5, 5.41) is 12.4. The van der Waals surface area contributed by atoms with E-state index in [0.29, 0.717) is 13.1 Å². The van der Waals surface area contributed by atoms with Crippen molar-refractivity contribution in [2.24, 2.45) is 11.7 Å². The number of nitrogens with two attached hydrogens (primary N) is 1. The second-order valence-electron chi connectivity index (χ2n) is 6.51. The lowest BCUT2D eigenvalue weighted by Crippen LogP contribution is -2.38. The number of carbonyl (C=O) groups excluding carboxylic acids is 1. The number of nitrogens with zero attached hydrogens (tertiary/aromatic N) is 1. The molecule has 1 aromatic carbocycles. The summed E-state index contributed by atoms with van der Waals surface area (Å²) in [5.74, 6) is 0.0988. The first-order chi connectivity index (χ1) is 11.6. The van der Waals surface area contributed by atoms with Gasteiger partial charge in [-0.2, -0.15) is 0 Å². The molecule has 4 nitrogen and oxygen atoms in total. The zero-order chi connectivity index (χ0) is 16.9. The molecule has 1 aromatic heterocycles. The smallest absolute Gasteiger partial charge is 0.226 e. The maximum absolute atomic E-state index is 13.0. The third-order valence-electron chi connectivity index (χ3n) is 4.62. The fourth-order valence-corrected chi connectivity index (χ4v) is 4.02. The van der Waals surface area contributed by atoms with Gasteiger partial charge in [0.2, 0.25) is 5.91 Å². The molecule has 2 aromatic rings. The minimum atomic E-state index is -0.646. The lowest BCUT2D eigenvalue weighted by atomic mass is 10.0. The topological polar surface area (TPSA) is 66.6 Å². The molecule has 0 aliphatic heterocycles. The number of thiophene rings is 1. The number of carbonyl (C=O) groups is 1. The second kappa shape index (κ2) is 9.34. The summed E-state index contributed by atoms with van der Waals surface area (Å²) in [4.78, 5) is 15.6. The highest BCUT2D eigenvalue weighted by Crippen LogP contribution is 2.28. The number of halogens is 1. The first-order valence-electron chi connectivity index (χ1n) is 8.43. The van der Waals surface area contributed by atoms with Crippen LogP contribution in [-0.4, -0.2) is 28.5 Å². The Bertz CT molecular complexity index is 651. The molecule has 3 N–H and O–H groups in total. The van der Waals surface area contributed by atoms with Gasteiger partial charge >= 0.3 is 0 Å². The normalized spacial score (nSPS) is 20.7.